The number of hydrogen-bond acceptors (Lipinski definition) is 2. The molecule has 1 aromatic rings. The summed E-state index contributed by atoms with van der Waals surface area (Å²) in [7, 11) is 0. The predicted octanol–water partition coefficient (Wildman–Crippen LogP) is 3.19. The zero-order valence-electron chi connectivity index (χ0n) is 11.8. The highest BCUT2D eigenvalue weighted by atomic mass is 15.1. The van der Waals surface area contributed by atoms with Gasteiger partial charge in [0.2, 0.25) is 0 Å². The second-order valence-electron chi connectivity index (χ2n) is 5.85. The van der Waals surface area contributed by atoms with Crippen LogP contribution in [0, 0.1) is 12.3 Å². The van der Waals surface area contributed by atoms with Gasteiger partial charge < -0.3 is 10.6 Å². The van der Waals surface area contributed by atoms with Crippen LogP contribution in [0.15, 0.2) is 24.3 Å². The molecule has 1 atom stereocenters. The molecule has 0 saturated heterocycles. The fraction of sp³-hybridized carbons (Fsp3) is 0.600. The van der Waals surface area contributed by atoms with Crippen molar-refractivity contribution in [3.8, 4) is 0 Å². The maximum absolute atomic E-state index is 6.26. The first-order valence-corrected chi connectivity index (χ1v) is 6.41. The summed E-state index contributed by atoms with van der Waals surface area (Å²) < 4.78 is 0. The third-order valence-electron chi connectivity index (χ3n) is 3.28. The molecule has 2 nitrogen and oxygen atoms in total. The molecule has 0 bridgehead atoms. The summed E-state index contributed by atoms with van der Waals surface area (Å²) in [6.45, 7) is 12.8. The molecule has 2 N–H and O–H groups in total. The summed E-state index contributed by atoms with van der Waals surface area (Å²) in [4.78, 5) is 2.35. The van der Waals surface area contributed by atoms with E-state index in [0.717, 1.165) is 13.1 Å². The van der Waals surface area contributed by atoms with E-state index in [1.165, 1.54) is 11.3 Å². The van der Waals surface area contributed by atoms with Gasteiger partial charge in [0.25, 0.3) is 0 Å². The van der Waals surface area contributed by atoms with E-state index in [9.17, 15) is 0 Å². The maximum Gasteiger partial charge on any atom is 0.0369 e. The van der Waals surface area contributed by atoms with Crippen molar-refractivity contribution in [1.29, 1.82) is 0 Å². The molecule has 0 fully saturated rings. The number of nitrogens with two attached hydrogens (primary N) is 1. The molecule has 0 aromatic heterocycles. The number of aryl methyl sites for hydroxylation is 1. The summed E-state index contributed by atoms with van der Waals surface area (Å²) in [6, 6.07) is 8.80. The smallest absolute Gasteiger partial charge is 0.0369 e. The topological polar surface area (TPSA) is 29.3 Å². The van der Waals surface area contributed by atoms with E-state index in [-0.39, 0.29) is 11.5 Å². The van der Waals surface area contributed by atoms with Gasteiger partial charge in [0, 0.05) is 24.8 Å². The average Bonchev–Trinajstić information content (AvgIpc) is 2.24. The quantitative estimate of drug-likeness (QED) is 0.867. The molecular formula is C15H26N2. The second kappa shape index (κ2) is 5.54. The van der Waals surface area contributed by atoms with E-state index in [2.05, 4.69) is 63.8 Å². The molecule has 0 spiro atoms. The molecule has 1 rings (SSSR count). The van der Waals surface area contributed by atoms with Gasteiger partial charge in [-0.3, -0.25) is 0 Å². The Bertz CT molecular complexity index is 352. The van der Waals surface area contributed by atoms with Gasteiger partial charge in [0.05, 0.1) is 0 Å². The minimum Gasteiger partial charge on any atom is -0.370 e. The van der Waals surface area contributed by atoms with Crippen LogP contribution in [0.5, 0.6) is 0 Å². The van der Waals surface area contributed by atoms with Crippen LogP contribution in [0.2, 0.25) is 0 Å². The summed E-state index contributed by atoms with van der Waals surface area (Å²) in [5.74, 6) is 0. The average molecular weight is 234 g/mol. The number of rotatable bonds is 4. The number of nitrogens with zero attached hydrogens (tertiary/aromatic N) is 1. The fourth-order valence-electron chi connectivity index (χ4n) is 1.75. The first-order chi connectivity index (χ1) is 7.84. The standard InChI is InChI=1S/C15H26N2/c1-6-17(11-14(16)15(3,4)5)13-9-7-8-12(2)10-13/h7-10,14H,6,11,16H2,1-5H3. The van der Waals surface area contributed by atoms with Crippen molar-refractivity contribution in [2.75, 3.05) is 18.0 Å². The third kappa shape index (κ3) is 4.04. The van der Waals surface area contributed by atoms with Gasteiger partial charge in [-0.1, -0.05) is 32.9 Å². The van der Waals surface area contributed by atoms with Crippen LogP contribution in [0.3, 0.4) is 0 Å². The Morgan fingerprint density at radius 2 is 1.94 bits per heavy atom. The second-order valence-corrected chi connectivity index (χ2v) is 5.85. The Morgan fingerprint density at radius 3 is 2.41 bits per heavy atom. The van der Waals surface area contributed by atoms with Crippen molar-refractivity contribution >= 4 is 5.69 Å². The van der Waals surface area contributed by atoms with Crippen molar-refractivity contribution in [1.82, 2.24) is 0 Å². The summed E-state index contributed by atoms with van der Waals surface area (Å²) in [6.07, 6.45) is 0. The van der Waals surface area contributed by atoms with Crippen molar-refractivity contribution in [3.05, 3.63) is 29.8 Å². The first kappa shape index (κ1) is 14.0. The highest BCUT2D eigenvalue weighted by Gasteiger charge is 2.22. The van der Waals surface area contributed by atoms with Crippen molar-refractivity contribution < 1.29 is 0 Å². The Labute approximate surface area is 106 Å². The van der Waals surface area contributed by atoms with Gasteiger partial charge in [0.15, 0.2) is 0 Å². The van der Waals surface area contributed by atoms with Crippen LogP contribution in [0.25, 0.3) is 0 Å². The van der Waals surface area contributed by atoms with E-state index in [0.29, 0.717) is 0 Å². The number of likely N-dealkylation sites (N-methyl/N-ethyl adjacent to an activating group) is 1. The normalized spacial score (nSPS) is 13.5. The molecule has 17 heavy (non-hydrogen) atoms. The minimum atomic E-state index is 0.150. The molecule has 0 radical (unpaired) electrons. The van der Waals surface area contributed by atoms with Crippen LogP contribution in [0.1, 0.15) is 33.3 Å². The van der Waals surface area contributed by atoms with Crippen molar-refractivity contribution in [3.63, 3.8) is 0 Å². The fourth-order valence-corrected chi connectivity index (χ4v) is 1.75. The van der Waals surface area contributed by atoms with Gasteiger partial charge in [-0.2, -0.15) is 0 Å². The van der Waals surface area contributed by atoms with Crippen LogP contribution < -0.4 is 10.6 Å². The first-order valence-electron chi connectivity index (χ1n) is 6.41. The van der Waals surface area contributed by atoms with E-state index in [1.54, 1.807) is 0 Å². The highest BCUT2D eigenvalue weighted by Crippen LogP contribution is 2.21. The van der Waals surface area contributed by atoms with Crippen molar-refractivity contribution in [2.45, 2.75) is 40.7 Å². The van der Waals surface area contributed by atoms with E-state index >= 15 is 0 Å². The van der Waals surface area contributed by atoms with Gasteiger partial charge >= 0.3 is 0 Å². The third-order valence-corrected chi connectivity index (χ3v) is 3.28. The molecule has 0 aliphatic rings. The number of hydrogen-bond donors (Lipinski definition) is 1. The van der Waals surface area contributed by atoms with Crippen LogP contribution >= 0.6 is 0 Å². The molecule has 1 unspecified atom stereocenters. The maximum atomic E-state index is 6.26. The largest absolute Gasteiger partial charge is 0.370 e. The number of anilines is 1. The van der Waals surface area contributed by atoms with E-state index in [1.807, 2.05) is 0 Å². The molecular weight excluding hydrogens is 208 g/mol. The van der Waals surface area contributed by atoms with E-state index in [4.69, 9.17) is 5.73 Å². The lowest BCUT2D eigenvalue weighted by Crippen LogP contribution is -2.45. The van der Waals surface area contributed by atoms with Crippen LogP contribution in [-0.4, -0.2) is 19.1 Å². The number of benzene rings is 1. The molecule has 0 amide bonds. The van der Waals surface area contributed by atoms with Gasteiger partial charge in [-0.05, 0) is 37.0 Å². The van der Waals surface area contributed by atoms with Crippen LogP contribution in [0.4, 0.5) is 5.69 Å². The summed E-state index contributed by atoms with van der Waals surface area (Å²) in [5, 5.41) is 0. The van der Waals surface area contributed by atoms with Gasteiger partial charge in [0.1, 0.15) is 0 Å². The molecule has 96 valence electrons. The van der Waals surface area contributed by atoms with E-state index < -0.39 is 0 Å². The van der Waals surface area contributed by atoms with Gasteiger partial charge in [-0.15, -0.1) is 0 Å². The monoisotopic (exact) mass is 234 g/mol. The Hall–Kier alpha value is -1.02. The molecule has 1 aromatic carbocycles. The minimum absolute atomic E-state index is 0.150. The Morgan fingerprint density at radius 1 is 1.29 bits per heavy atom. The van der Waals surface area contributed by atoms with Crippen molar-refractivity contribution in [2.24, 2.45) is 11.1 Å². The Balaban J connectivity index is 2.79. The zero-order valence-corrected chi connectivity index (χ0v) is 11.8. The Kier molecular flexibility index (Phi) is 4.58. The zero-order chi connectivity index (χ0) is 13.1. The molecule has 2 heteroatoms. The lowest BCUT2D eigenvalue weighted by Gasteiger charge is -2.33. The van der Waals surface area contributed by atoms with Crippen LogP contribution in [-0.2, 0) is 0 Å². The summed E-state index contributed by atoms with van der Waals surface area (Å²) >= 11 is 0. The SMILES string of the molecule is CCN(CC(N)C(C)(C)C)c1cccc(C)c1. The predicted molar refractivity (Wildman–Crippen MR) is 76.5 cm³/mol. The lowest BCUT2D eigenvalue weighted by molar-refractivity contribution is 0.321. The lowest BCUT2D eigenvalue weighted by atomic mass is 9.87. The molecule has 0 aliphatic carbocycles. The highest BCUT2D eigenvalue weighted by molar-refractivity contribution is 5.48. The summed E-state index contributed by atoms with van der Waals surface area (Å²) in [5.41, 5.74) is 8.98. The molecule has 0 heterocycles. The molecule has 0 aliphatic heterocycles. The van der Waals surface area contributed by atoms with Gasteiger partial charge in [-0.25, -0.2) is 0 Å². The molecule has 0 saturated carbocycles.